The standard InChI is InChI=1S/C21H30NO4.H2O/c1-22(2)10-7-13-11-15(24-3)19-18-17(13)14(22)5-8-20(18)9-6-16(23)21(12-20,25-4)26-19;/h11,14,16,23H,5-10,12H2,1-4H3;1H2/q+1;/p-1/t14-,16+,20-,21+;/m0./s1. The van der Waals surface area contributed by atoms with Gasteiger partial charge in [0.1, 0.15) is 12.1 Å². The van der Waals surface area contributed by atoms with Crippen LogP contribution in [0.1, 0.15) is 54.8 Å². The first-order valence-electron chi connectivity index (χ1n) is 9.85. The molecule has 1 aromatic rings. The van der Waals surface area contributed by atoms with Crippen LogP contribution in [0.4, 0.5) is 0 Å². The summed E-state index contributed by atoms with van der Waals surface area (Å²) in [7, 11) is 8.08. The van der Waals surface area contributed by atoms with Gasteiger partial charge in [0.2, 0.25) is 5.79 Å². The molecule has 2 heterocycles. The minimum absolute atomic E-state index is 0. The first kappa shape index (κ1) is 19.0. The van der Waals surface area contributed by atoms with Crippen LogP contribution in [0.5, 0.6) is 11.5 Å². The molecule has 4 aliphatic rings. The van der Waals surface area contributed by atoms with Crippen LogP contribution in [-0.2, 0) is 16.6 Å². The van der Waals surface area contributed by atoms with Crippen molar-refractivity contribution in [2.45, 2.75) is 61.9 Å². The monoisotopic (exact) mass is 377 g/mol. The van der Waals surface area contributed by atoms with Crippen molar-refractivity contribution in [3.63, 3.8) is 0 Å². The van der Waals surface area contributed by atoms with E-state index in [2.05, 4.69) is 20.2 Å². The molecule has 6 heteroatoms. The van der Waals surface area contributed by atoms with Gasteiger partial charge in [0.25, 0.3) is 0 Å². The van der Waals surface area contributed by atoms with Crippen molar-refractivity contribution in [1.29, 1.82) is 0 Å². The quantitative estimate of drug-likeness (QED) is 0.801. The number of hydrogen-bond donors (Lipinski definition) is 1. The van der Waals surface area contributed by atoms with Crippen LogP contribution in [0.3, 0.4) is 0 Å². The lowest BCUT2D eigenvalue weighted by Gasteiger charge is -2.58. The van der Waals surface area contributed by atoms with Gasteiger partial charge in [-0.2, -0.15) is 0 Å². The highest BCUT2D eigenvalue weighted by Crippen LogP contribution is 2.64. The smallest absolute Gasteiger partial charge is 0.237 e. The Morgan fingerprint density at radius 1 is 1.22 bits per heavy atom. The van der Waals surface area contributed by atoms with Crippen LogP contribution >= 0.6 is 0 Å². The highest BCUT2D eigenvalue weighted by molar-refractivity contribution is 5.62. The van der Waals surface area contributed by atoms with E-state index in [1.54, 1.807) is 14.2 Å². The molecule has 2 N–H and O–H groups in total. The Morgan fingerprint density at radius 3 is 2.67 bits per heavy atom. The van der Waals surface area contributed by atoms with Crippen molar-refractivity contribution < 1.29 is 29.3 Å². The highest BCUT2D eigenvalue weighted by Gasteiger charge is 2.61. The molecule has 150 valence electrons. The van der Waals surface area contributed by atoms with Crippen LogP contribution in [0, 0.1) is 0 Å². The predicted octanol–water partition coefficient (Wildman–Crippen LogP) is 2.50. The van der Waals surface area contributed by atoms with Gasteiger partial charge < -0.3 is 29.3 Å². The zero-order chi connectivity index (χ0) is 18.3. The molecule has 2 bridgehead atoms. The summed E-state index contributed by atoms with van der Waals surface area (Å²) in [5.41, 5.74) is 4.34. The van der Waals surface area contributed by atoms with Gasteiger partial charge in [-0.1, -0.05) is 0 Å². The zero-order valence-corrected chi connectivity index (χ0v) is 16.7. The van der Waals surface area contributed by atoms with Gasteiger partial charge in [-0.3, -0.25) is 0 Å². The first-order chi connectivity index (χ1) is 12.4. The number of hydrogen-bond acceptors (Lipinski definition) is 5. The average Bonchev–Trinajstić information content (AvgIpc) is 2.63. The van der Waals surface area contributed by atoms with E-state index in [0.29, 0.717) is 6.04 Å². The zero-order valence-electron chi connectivity index (χ0n) is 16.7. The number of aliphatic hydroxyl groups excluding tert-OH is 1. The third-order valence-electron chi connectivity index (χ3n) is 7.76. The van der Waals surface area contributed by atoms with Gasteiger partial charge in [0, 0.05) is 42.9 Å². The molecule has 2 aliphatic heterocycles. The van der Waals surface area contributed by atoms with E-state index in [4.69, 9.17) is 14.2 Å². The lowest BCUT2D eigenvalue weighted by molar-refractivity contribution is -0.924. The Kier molecular flexibility index (Phi) is 4.10. The molecular formula is C21H31NO5. The average molecular weight is 377 g/mol. The van der Waals surface area contributed by atoms with Crippen LogP contribution in [-0.4, -0.2) is 61.8 Å². The number of aliphatic hydroxyl groups is 1. The summed E-state index contributed by atoms with van der Waals surface area (Å²) in [6.45, 7) is 1.16. The third kappa shape index (κ3) is 2.27. The molecule has 0 radical (unpaired) electrons. The molecule has 1 aromatic carbocycles. The van der Waals surface area contributed by atoms with Crippen LogP contribution in [0.15, 0.2) is 6.07 Å². The van der Waals surface area contributed by atoms with E-state index >= 15 is 0 Å². The van der Waals surface area contributed by atoms with Crippen molar-refractivity contribution in [1.82, 2.24) is 0 Å². The highest BCUT2D eigenvalue weighted by atomic mass is 16.7. The second-order valence-corrected chi connectivity index (χ2v) is 9.29. The van der Waals surface area contributed by atoms with Gasteiger partial charge >= 0.3 is 0 Å². The van der Waals surface area contributed by atoms with E-state index < -0.39 is 11.9 Å². The normalized spacial score (nSPS) is 37.5. The summed E-state index contributed by atoms with van der Waals surface area (Å²) in [5.74, 6) is 0.675. The number of nitrogens with zero attached hydrogens (tertiary/aromatic N) is 1. The lowest BCUT2D eigenvalue weighted by atomic mass is 9.56. The summed E-state index contributed by atoms with van der Waals surface area (Å²) in [6.07, 6.45) is 5.26. The van der Waals surface area contributed by atoms with Crippen molar-refractivity contribution in [3.8, 4) is 11.5 Å². The number of likely N-dealkylation sites (N-methyl/N-ethyl adjacent to an activating group) is 1. The van der Waals surface area contributed by atoms with Crippen molar-refractivity contribution in [3.05, 3.63) is 22.8 Å². The van der Waals surface area contributed by atoms with E-state index in [9.17, 15) is 5.11 Å². The SMILES string of the molecule is COc1cc2c3c4c1O[C@]1(OC)C[C@@]4(CC[C@H]1O)CC[C@@H]3[N+](C)(C)CC2.[OH-]. The summed E-state index contributed by atoms with van der Waals surface area (Å²) < 4.78 is 19.1. The number of rotatable bonds is 2. The Balaban J connectivity index is 0.00000180. The molecule has 27 heavy (non-hydrogen) atoms. The fourth-order valence-corrected chi connectivity index (χ4v) is 6.28. The number of fused-ring (bicyclic) bond motifs is 1. The molecule has 5 rings (SSSR count). The first-order valence-corrected chi connectivity index (χ1v) is 9.85. The maximum atomic E-state index is 10.7. The number of ether oxygens (including phenoxy) is 3. The summed E-state index contributed by atoms with van der Waals surface area (Å²) >= 11 is 0. The number of methoxy groups -OCH3 is 2. The third-order valence-corrected chi connectivity index (χ3v) is 7.76. The Hall–Kier alpha value is -1.34. The van der Waals surface area contributed by atoms with E-state index in [1.807, 2.05) is 0 Å². The van der Waals surface area contributed by atoms with Gasteiger partial charge in [-0.25, -0.2) is 0 Å². The fourth-order valence-electron chi connectivity index (χ4n) is 6.28. The van der Waals surface area contributed by atoms with Crippen molar-refractivity contribution in [2.24, 2.45) is 0 Å². The van der Waals surface area contributed by atoms with Gasteiger partial charge in [0.15, 0.2) is 11.5 Å². The van der Waals surface area contributed by atoms with E-state index in [-0.39, 0.29) is 10.9 Å². The second-order valence-electron chi connectivity index (χ2n) is 9.29. The molecule has 0 amide bonds. The molecule has 4 atom stereocenters. The maximum Gasteiger partial charge on any atom is 0.237 e. The molecule has 2 aliphatic carbocycles. The molecular weight excluding hydrogens is 346 g/mol. The molecule has 1 saturated carbocycles. The predicted molar refractivity (Wildman–Crippen MR) is 99.5 cm³/mol. The minimum Gasteiger partial charge on any atom is -0.870 e. The fraction of sp³-hybridized carbons (Fsp3) is 0.714. The van der Waals surface area contributed by atoms with E-state index in [0.717, 1.165) is 54.6 Å². The van der Waals surface area contributed by atoms with Crippen LogP contribution in [0.2, 0.25) is 0 Å². The molecule has 0 unspecified atom stereocenters. The summed E-state index contributed by atoms with van der Waals surface area (Å²) in [4.78, 5) is 0. The van der Waals surface area contributed by atoms with Crippen molar-refractivity contribution in [2.75, 3.05) is 34.9 Å². The minimum atomic E-state index is -0.946. The largest absolute Gasteiger partial charge is 0.870 e. The molecule has 6 nitrogen and oxygen atoms in total. The van der Waals surface area contributed by atoms with Crippen LogP contribution in [0.25, 0.3) is 0 Å². The molecule has 1 fully saturated rings. The van der Waals surface area contributed by atoms with Gasteiger partial charge in [-0.05, 0) is 30.9 Å². The lowest BCUT2D eigenvalue weighted by Crippen LogP contribution is -2.62. The molecule has 0 aromatic heterocycles. The molecule has 1 spiro atoms. The summed E-state index contributed by atoms with van der Waals surface area (Å²) in [6, 6.07) is 2.70. The van der Waals surface area contributed by atoms with E-state index in [1.165, 1.54) is 23.1 Å². The van der Waals surface area contributed by atoms with Gasteiger partial charge in [-0.15, -0.1) is 0 Å². The maximum absolute atomic E-state index is 10.7. The topological polar surface area (TPSA) is 77.9 Å². The summed E-state index contributed by atoms with van der Waals surface area (Å²) in [5, 5.41) is 10.7. The Labute approximate surface area is 160 Å². The van der Waals surface area contributed by atoms with Gasteiger partial charge in [0.05, 0.1) is 27.7 Å². The Bertz CT molecular complexity index is 778. The number of quaternary nitrogens is 1. The van der Waals surface area contributed by atoms with Crippen molar-refractivity contribution >= 4 is 0 Å². The number of benzene rings is 1. The Morgan fingerprint density at radius 2 is 1.96 bits per heavy atom. The molecule has 0 saturated heterocycles. The van der Waals surface area contributed by atoms with Crippen LogP contribution < -0.4 is 9.47 Å². The second kappa shape index (κ2) is 5.83.